The molecule has 538 valence electrons. The summed E-state index contributed by atoms with van der Waals surface area (Å²) in [6, 6.07) is 0. The lowest BCUT2D eigenvalue weighted by Gasteiger charge is -2.71. The SMILES string of the molecule is C=C1CCC2(C(=O)OC3OC(COC4OC(CO)C(OC5OC(C)C(O)C(O)C5O)C(O)C4O)C(O)C(O)C3O)CCC3(C)C(=CCC4C5(C)CCC(OC6OCC(O)C(OC7OC(CO)C(O)C(O)C7O)C6OC6OC(C)C(O)C(O)C6O)C(C)(C)C5CCC43C)C2C1. The Morgan fingerprint density at radius 3 is 1.68 bits per heavy atom. The first kappa shape index (κ1) is 73.1. The topological polar surface area (TPSA) is 472 Å². The third-order valence-corrected chi connectivity index (χ3v) is 24.6. The van der Waals surface area contributed by atoms with Crippen molar-refractivity contribution in [1.82, 2.24) is 0 Å². The van der Waals surface area contributed by atoms with E-state index in [0.29, 0.717) is 51.4 Å². The maximum absolute atomic E-state index is 15.2. The number of carbonyl (C=O) groups is 1. The van der Waals surface area contributed by atoms with E-state index in [1.54, 1.807) is 0 Å². The Labute approximate surface area is 544 Å². The monoisotopic (exact) mass is 1350 g/mol. The Hall–Kier alpha value is -2.17. The standard InChI is InChI=1S/C64H102O30/c1-24-11-16-64(59(82)94-57-48(80)43(75)39(71)32(89-57)23-84-53-49(81)44(76)51(31(21-66)88-53)92-54-45(77)40(72)36(68)25(2)85-54)18-17-62(7)27(28(64)19-24)9-10-34-61(6)14-13-35(60(4,5)33(61)12-15-63(34,62)8)90-58-52(93-55-46(78)41(73)37(69)26(3)86-55)50(29(67)22-83-58)91-56-47(79)42(74)38(70)30(20-65)87-56/h9,25-26,28-58,65-81H,1,10-23H2,2-8H3. The van der Waals surface area contributed by atoms with Crippen LogP contribution < -0.4 is 0 Å². The van der Waals surface area contributed by atoms with E-state index in [4.69, 9.17) is 56.8 Å². The van der Waals surface area contributed by atoms with Crippen LogP contribution in [-0.2, 0) is 61.6 Å². The molecule has 0 aromatic carbocycles. The van der Waals surface area contributed by atoms with E-state index in [1.807, 2.05) is 0 Å². The van der Waals surface area contributed by atoms with Gasteiger partial charge in [-0.3, -0.25) is 4.79 Å². The molecule has 37 atom stereocenters. The second-order valence-electron chi connectivity index (χ2n) is 30.0. The molecule has 6 saturated heterocycles. The van der Waals surface area contributed by atoms with E-state index in [-0.39, 0.29) is 35.2 Å². The van der Waals surface area contributed by atoms with Crippen molar-refractivity contribution in [3.05, 3.63) is 23.8 Å². The number of esters is 1. The molecule has 5 aliphatic carbocycles. The van der Waals surface area contributed by atoms with Gasteiger partial charge in [0, 0.05) is 5.92 Å². The first-order valence-electron chi connectivity index (χ1n) is 33.3. The van der Waals surface area contributed by atoms with Gasteiger partial charge in [-0.1, -0.05) is 58.4 Å². The zero-order chi connectivity index (χ0) is 68.4. The van der Waals surface area contributed by atoms with Crippen molar-refractivity contribution in [2.24, 2.45) is 44.8 Å². The summed E-state index contributed by atoms with van der Waals surface area (Å²) in [5, 5.41) is 184. The van der Waals surface area contributed by atoms with Crippen LogP contribution in [0.3, 0.4) is 0 Å². The maximum Gasteiger partial charge on any atom is 0.315 e. The van der Waals surface area contributed by atoms with Crippen molar-refractivity contribution in [3.8, 4) is 0 Å². The number of fused-ring (bicyclic) bond motifs is 7. The van der Waals surface area contributed by atoms with Gasteiger partial charge in [0.05, 0.1) is 50.2 Å². The molecule has 0 spiro atoms. The molecule has 6 aliphatic heterocycles. The highest BCUT2D eigenvalue weighted by Crippen LogP contribution is 2.76. The van der Waals surface area contributed by atoms with Crippen LogP contribution in [0.2, 0.25) is 0 Å². The predicted molar refractivity (Wildman–Crippen MR) is 315 cm³/mol. The van der Waals surface area contributed by atoms with Gasteiger partial charge in [-0.15, -0.1) is 0 Å². The predicted octanol–water partition coefficient (Wildman–Crippen LogP) is -4.16. The first-order chi connectivity index (χ1) is 44.2. The molecular formula is C64H102O30. The highest BCUT2D eigenvalue weighted by molar-refractivity contribution is 5.79. The fraction of sp³-hybridized carbons (Fsp3) is 0.922. The third kappa shape index (κ3) is 12.4. The molecule has 0 aromatic rings. The highest BCUT2D eigenvalue weighted by atomic mass is 16.8. The number of aliphatic hydroxyl groups excluding tert-OH is 17. The lowest BCUT2D eigenvalue weighted by molar-refractivity contribution is -0.388. The van der Waals surface area contributed by atoms with Crippen molar-refractivity contribution in [1.29, 1.82) is 0 Å². The van der Waals surface area contributed by atoms with E-state index in [2.05, 4.69) is 47.3 Å². The van der Waals surface area contributed by atoms with Gasteiger partial charge < -0.3 is 144 Å². The van der Waals surface area contributed by atoms with Gasteiger partial charge in [-0.05, 0) is 112 Å². The number of rotatable bonds is 15. The molecule has 6 heterocycles. The molecule has 37 unspecified atom stereocenters. The summed E-state index contributed by atoms with van der Waals surface area (Å²) in [6.45, 7) is 16.0. The van der Waals surface area contributed by atoms with Gasteiger partial charge in [-0.25, -0.2) is 0 Å². The molecular weight excluding hydrogens is 1250 g/mol. The van der Waals surface area contributed by atoms with E-state index >= 15 is 4.79 Å². The van der Waals surface area contributed by atoms with Crippen LogP contribution in [0.25, 0.3) is 0 Å². The summed E-state index contributed by atoms with van der Waals surface area (Å²) in [5.74, 6) is -0.853. The van der Waals surface area contributed by atoms with Crippen molar-refractivity contribution in [2.75, 3.05) is 26.4 Å². The minimum absolute atomic E-state index is 0.0507. The molecule has 0 bridgehead atoms. The van der Waals surface area contributed by atoms with Crippen LogP contribution in [0.1, 0.15) is 113 Å². The lowest BCUT2D eigenvalue weighted by atomic mass is 9.34. The number of hydrogen-bond acceptors (Lipinski definition) is 30. The summed E-state index contributed by atoms with van der Waals surface area (Å²) < 4.78 is 72.2. The summed E-state index contributed by atoms with van der Waals surface area (Å²) in [5.41, 5.74) is -0.633. The van der Waals surface area contributed by atoms with E-state index in [1.165, 1.54) is 13.8 Å². The summed E-state index contributed by atoms with van der Waals surface area (Å²) in [6.07, 6.45) is -39.5. The summed E-state index contributed by atoms with van der Waals surface area (Å²) in [4.78, 5) is 15.2. The minimum atomic E-state index is -1.92. The average molecular weight is 1350 g/mol. The van der Waals surface area contributed by atoms with Crippen LogP contribution in [0.4, 0.5) is 0 Å². The van der Waals surface area contributed by atoms with E-state index in [9.17, 15) is 86.8 Å². The smallest absolute Gasteiger partial charge is 0.315 e. The van der Waals surface area contributed by atoms with Crippen molar-refractivity contribution >= 4 is 5.97 Å². The van der Waals surface area contributed by atoms with Gasteiger partial charge in [0.1, 0.15) is 128 Å². The molecule has 0 amide bonds. The van der Waals surface area contributed by atoms with E-state index in [0.717, 1.165) is 24.0 Å². The lowest BCUT2D eigenvalue weighted by Crippen LogP contribution is -2.67. The molecule has 11 rings (SSSR count). The fourth-order valence-electron chi connectivity index (χ4n) is 18.6. The molecule has 4 saturated carbocycles. The number of hydrogen-bond donors (Lipinski definition) is 17. The number of carbonyl (C=O) groups excluding carboxylic acids is 1. The van der Waals surface area contributed by atoms with Gasteiger partial charge >= 0.3 is 5.97 Å². The minimum Gasteiger partial charge on any atom is -0.432 e. The second kappa shape index (κ2) is 27.6. The number of allylic oxidation sites excluding steroid dienone is 3. The van der Waals surface area contributed by atoms with Crippen molar-refractivity contribution < 1.29 is 148 Å². The molecule has 0 radical (unpaired) electrons. The number of ether oxygens (including phenoxy) is 12. The molecule has 10 fully saturated rings. The first-order valence-corrected chi connectivity index (χ1v) is 33.3. The van der Waals surface area contributed by atoms with Crippen LogP contribution in [0.5, 0.6) is 0 Å². The van der Waals surface area contributed by atoms with Crippen LogP contribution in [0.15, 0.2) is 23.8 Å². The Balaban J connectivity index is 0.781. The zero-order valence-electron chi connectivity index (χ0n) is 54.1. The molecule has 17 N–H and O–H groups in total. The average Bonchev–Trinajstić information content (AvgIpc) is 0.677. The van der Waals surface area contributed by atoms with Crippen LogP contribution in [-0.4, -0.2) is 303 Å². The normalized spacial score (nSPS) is 54.5. The molecule has 30 heteroatoms. The fourth-order valence-corrected chi connectivity index (χ4v) is 18.6. The Kier molecular flexibility index (Phi) is 21.5. The zero-order valence-corrected chi connectivity index (χ0v) is 54.1. The van der Waals surface area contributed by atoms with Crippen LogP contribution in [0, 0.1) is 44.8 Å². The third-order valence-electron chi connectivity index (χ3n) is 24.6. The molecule has 11 aliphatic rings. The molecule has 30 nitrogen and oxygen atoms in total. The highest BCUT2D eigenvalue weighted by Gasteiger charge is 2.70. The Morgan fingerprint density at radius 1 is 0.532 bits per heavy atom. The van der Waals surface area contributed by atoms with Gasteiger partial charge in [0.25, 0.3) is 0 Å². The molecule has 94 heavy (non-hydrogen) atoms. The quantitative estimate of drug-likeness (QED) is 0.0420. The maximum atomic E-state index is 15.2. The summed E-state index contributed by atoms with van der Waals surface area (Å²) >= 11 is 0. The second-order valence-corrected chi connectivity index (χ2v) is 30.0. The van der Waals surface area contributed by atoms with Gasteiger partial charge in [-0.2, -0.15) is 0 Å². The molecule has 0 aromatic heterocycles. The largest absolute Gasteiger partial charge is 0.432 e. The van der Waals surface area contributed by atoms with Gasteiger partial charge in [0.2, 0.25) is 6.29 Å². The Bertz CT molecular complexity index is 2670. The van der Waals surface area contributed by atoms with Crippen LogP contribution >= 0.6 is 0 Å². The summed E-state index contributed by atoms with van der Waals surface area (Å²) in [7, 11) is 0. The van der Waals surface area contributed by atoms with Gasteiger partial charge in [0.15, 0.2) is 31.5 Å². The van der Waals surface area contributed by atoms with Crippen molar-refractivity contribution in [3.63, 3.8) is 0 Å². The van der Waals surface area contributed by atoms with Crippen molar-refractivity contribution in [2.45, 2.75) is 297 Å². The number of aliphatic hydroxyl groups is 17. The Morgan fingerprint density at radius 2 is 1.06 bits per heavy atom. The van der Waals surface area contributed by atoms with E-state index < -0.39 is 226 Å².